The molecule has 4 rings (SSSR count). The summed E-state index contributed by atoms with van der Waals surface area (Å²) in [5, 5.41) is 7.01. The van der Waals surface area contributed by atoms with Gasteiger partial charge in [0.25, 0.3) is 11.8 Å². The van der Waals surface area contributed by atoms with Crippen LogP contribution in [-0.2, 0) is 0 Å². The number of carbonyl (C=O) groups is 3. The molecule has 0 aliphatic carbocycles. The smallest absolute Gasteiger partial charge is 0.379 e. The molecule has 0 radical (unpaired) electrons. The van der Waals surface area contributed by atoms with Crippen molar-refractivity contribution in [2.24, 2.45) is 5.10 Å². The van der Waals surface area contributed by atoms with Gasteiger partial charge in [0, 0.05) is 21.3 Å². The lowest BCUT2D eigenvalue weighted by Crippen LogP contribution is -2.18. The van der Waals surface area contributed by atoms with Crippen LogP contribution in [-0.4, -0.2) is 24.0 Å². The molecule has 2 amide bonds. The summed E-state index contributed by atoms with van der Waals surface area (Å²) in [5.74, 6) is -1.30. The van der Waals surface area contributed by atoms with E-state index in [0.29, 0.717) is 21.8 Å². The topological polar surface area (TPSA) is 110 Å². The zero-order chi connectivity index (χ0) is 25.5. The number of amides is 2. The second kappa shape index (κ2) is 11.5. The molecule has 0 unspecified atom stereocenters. The number of hydrogen-bond donors (Lipinski definition) is 2. The van der Waals surface area contributed by atoms with Gasteiger partial charge in [-0.2, -0.15) is 5.10 Å². The predicted octanol–water partition coefficient (Wildman–Crippen LogP) is 5.93. The Kier molecular flexibility index (Phi) is 7.94. The van der Waals surface area contributed by atoms with Gasteiger partial charge in [0.2, 0.25) is 5.76 Å². The second-order valence-corrected chi connectivity index (χ2v) is 8.59. The van der Waals surface area contributed by atoms with E-state index in [1.54, 1.807) is 66.7 Å². The molecule has 0 saturated heterocycles. The van der Waals surface area contributed by atoms with Gasteiger partial charge in [0.15, 0.2) is 0 Å². The molecule has 0 spiro atoms. The average molecular weight is 567 g/mol. The molecule has 180 valence electrons. The number of nitrogens with zero attached hydrogens (tertiary/aromatic N) is 1. The molecule has 2 N–H and O–H groups in total. The third kappa shape index (κ3) is 6.26. The standard InChI is InChI=1S/C26H17BrClN3O5/c27-18-10-11-22(36-26(34)23-9-4-12-35-23)17(13-18)15-29-31-24(32)16-5-3-6-19(14-16)30-25(33)20-7-1-2-8-21(20)28/h1-15H,(H,30,33)(H,31,32). The fourth-order valence-electron chi connectivity index (χ4n) is 3.06. The summed E-state index contributed by atoms with van der Waals surface area (Å²) >= 11 is 9.43. The number of esters is 1. The number of anilines is 1. The number of hydrogen-bond acceptors (Lipinski definition) is 6. The van der Waals surface area contributed by atoms with Crippen LogP contribution in [0, 0.1) is 0 Å². The highest BCUT2D eigenvalue weighted by Crippen LogP contribution is 2.23. The molecule has 36 heavy (non-hydrogen) atoms. The van der Waals surface area contributed by atoms with Crippen LogP contribution in [0.25, 0.3) is 0 Å². The highest BCUT2D eigenvalue weighted by molar-refractivity contribution is 9.10. The zero-order valence-corrected chi connectivity index (χ0v) is 20.7. The quantitative estimate of drug-likeness (QED) is 0.125. The van der Waals surface area contributed by atoms with Gasteiger partial charge in [-0.25, -0.2) is 10.2 Å². The number of nitrogens with one attached hydrogen (secondary N) is 2. The Morgan fingerprint density at radius 2 is 1.78 bits per heavy atom. The van der Waals surface area contributed by atoms with E-state index in [-0.39, 0.29) is 17.1 Å². The van der Waals surface area contributed by atoms with Gasteiger partial charge in [0.05, 0.1) is 23.1 Å². The molecule has 8 nitrogen and oxygen atoms in total. The first-order valence-electron chi connectivity index (χ1n) is 10.5. The van der Waals surface area contributed by atoms with Crippen LogP contribution in [0.1, 0.15) is 36.8 Å². The van der Waals surface area contributed by atoms with E-state index in [1.165, 1.54) is 24.6 Å². The van der Waals surface area contributed by atoms with Crippen molar-refractivity contribution < 1.29 is 23.5 Å². The fourth-order valence-corrected chi connectivity index (χ4v) is 3.67. The van der Waals surface area contributed by atoms with E-state index >= 15 is 0 Å². The minimum atomic E-state index is -0.670. The lowest BCUT2D eigenvalue weighted by molar-refractivity contribution is 0.0700. The fraction of sp³-hybridized carbons (Fsp3) is 0. The number of hydrazone groups is 1. The number of halogens is 2. The molecule has 0 atom stereocenters. The first-order chi connectivity index (χ1) is 17.4. The van der Waals surface area contributed by atoms with Crippen LogP contribution in [0.4, 0.5) is 5.69 Å². The van der Waals surface area contributed by atoms with E-state index in [1.807, 2.05) is 0 Å². The van der Waals surface area contributed by atoms with Crippen LogP contribution in [0.5, 0.6) is 5.75 Å². The lowest BCUT2D eigenvalue weighted by Gasteiger charge is -2.08. The molecule has 4 aromatic rings. The van der Waals surface area contributed by atoms with Crippen LogP contribution in [0.2, 0.25) is 5.02 Å². The SMILES string of the molecule is O=C(NN=Cc1cc(Br)ccc1OC(=O)c1ccco1)c1cccc(NC(=O)c2ccccc2Cl)c1. The predicted molar refractivity (Wildman–Crippen MR) is 139 cm³/mol. The normalized spacial score (nSPS) is 10.7. The molecular weight excluding hydrogens is 550 g/mol. The molecule has 0 fully saturated rings. The van der Waals surface area contributed by atoms with Crippen molar-refractivity contribution in [2.45, 2.75) is 0 Å². The van der Waals surface area contributed by atoms with Gasteiger partial charge in [0.1, 0.15) is 5.75 Å². The molecule has 10 heteroatoms. The van der Waals surface area contributed by atoms with E-state index in [4.69, 9.17) is 20.8 Å². The Labute approximate surface area is 219 Å². The summed E-state index contributed by atoms with van der Waals surface area (Å²) in [7, 11) is 0. The monoisotopic (exact) mass is 565 g/mol. The Balaban J connectivity index is 1.43. The van der Waals surface area contributed by atoms with Crippen molar-refractivity contribution >= 4 is 57.2 Å². The number of carbonyl (C=O) groups excluding carboxylic acids is 3. The summed E-state index contributed by atoms with van der Waals surface area (Å²) in [5.41, 5.74) is 3.85. The number of furan rings is 1. The molecule has 1 aromatic heterocycles. The number of benzene rings is 3. The Morgan fingerprint density at radius 1 is 0.944 bits per heavy atom. The minimum absolute atomic E-state index is 0.0515. The van der Waals surface area contributed by atoms with Crippen molar-refractivity contribution in [1.29, 1.82) is 0 Å². The summed E-state index contributed by atoms with van der Waals surface area (Å²) in [6, 6.07) is 21.0. The molecule has 1 heterocycles. The van der Waals surface area contributed by atoms with E-state index in [2.05, 4.69) is 31.8 Å². The summed E-state index contributed by atoms with van der Waals surface area (Å²) in [6.45, 7) is 0. The summed E-state index contributed by atoms with van der Waals surface area (Å²) < 4.78 is 11.1. The third-order valence-corrected chi connectivity index (χ3v) is 5.59. The maximum Gasteiger partial charge on any atom is 0.379 e. The van der Waals surface area contributed by atoms with Crippen LogP contribution < -0.4 is 15.5 Å². The van der Waals surface area contributed by atoms with Crippen LogP contribution >= 0.6 is 27.5 Å². The lowest BCUT2D eigenvalue weighted by atomic mass is 10.1. The highest BCUT2D eigenvalue weighted by Gasteiger charge is 2.14. The first-order valence-corrected chi connectivity index (χ1v) is 11.6. The molecular formula is C26H17BrClN3O5. The second-order valence-electron chi connectivity index (χ2n) is 7.26. The largest absolute Gasteiger partial charge is 0.457 e. The van der Waals surface area contributed by atoms with Crippen molar-refractivity contribution in [3.63, 3.8) is 0 Å². The first kappa shape index (κ1) is 24.9. The number of rotatable bonds is 7. The Hall–Kier alpha value is -4.21. The third-order valence-electron chi connectivity index (χ3n) is 4.77. The van der Waals surface area contributed by atoms with Crippen molar-refractivity contribution in [2.75, 3.05) is 5.32 Å². The summed E-state index contributed by atoms with van der Waals surface area (Å²) in [4.78, 5) is 37.3. The minimum Gasteiger partial charge on any atom is -0.457 e. The maximum absolute atomic E-state index is 12.6. The van der Waals surface area contributed by atoms with Crippen molar-refractivity contribution in [3.8, 4) is 5.75 Å². The van der Waals surface area contributed by atoms with Gasteiger partial charge >= 0.3 is 5.97 Å². The molecule has 0 saturated carbocycles. The number of ether oxygens (including phenoxy) is 1. The van der Waals surface area contributed by atoms with E-state index in [9.17, 15) is 14.4 Å². The van der Waals surface area contributed by atoms with Crippen LogP contribution in [0.15, 0.2) is 99.1 Å². The highest BCUT2D eigenvalue weighted by atomic mass is 79.9. The molecule has 0 aliphatic rings. The van der Waals surface area contributed by atoms with Crippen molar-refractivity contribution in [3.05, 3.63) is 117 Å². The maximum atomic E-state index is 12.6. The average Bonchev–Trinajstić information content (AvgIpc) is 3.41. The Bertz CT molecular complexity index is 1450. The van der Waals surface area contributed by atoms with Crippen LogP contribution in [0.3, 0.4) is 0 Å². The Morgan fingerprint density at radius 3 is 2.56 bits per heavy atom. The van der Waals surface area contributed by atoms with Gasteiger partial charge in [-0.05, 0) is 60.7 Å². The van der Waals surface area contributed by atoms with Gasteiger partial charge in [-0.1, -0.05) is 45.7 Å². The van der Waals surface area contributed by atoms with Gasteiger partial charge in [-0.3, -0.25) is 9.59 Å². The van der Waals surface area contributed by atoms with E-state index < -0.39 is 17.8 Å². The van der Waals surface area contributed by atoms with E-state index in [0.717, 1.165) is 4.47 Å². The summed E-state index contributed by atoms with van der Waals surface area (Å²) in [6.07, 6.45) is 2.71. The van der Waals surface area contributed by atoms with Crippen molar-refractivity contribution in [1.82, 2.24) is 5.43 Å². The molecule has 3 aromatic carbocycles. The zero-order valence-electron chi connectivity index (χ0n) is 18.4. The molecule has 0 aliphatic heterocycles. The van der Waals surface area contributed by atoms with Gasteiger partial charge in [-0.15, -0.1) is 0 Å². The van der Waals surface area contributed by atoms with Gasteiger partial charge < -0.3 is 14.5 Å². The molecule has 0 bridgehead atoms.